The first-order valence-electron chi connectivity index (χ1n) is 17.3. The zero-order valence-electron chi connectivity index (χ0n) is 28.2. The first kappa shape index (κ1) is 37.1. The fourth-order valence-corrected chi connectivity index (χ4v) is 7.53. The predicted molar refractivity (Wildman–Crippen MR) is 195 cm³/mol. The van der Waals surface area contributed by atoms with Crippen LogP contribution in [0.1, 0.15) is 74.2 Å². The van der Waals surface area contributed by atoms with E-state index in [2.05, 4.69) is 20.6 Å². The molecule has 0 unspecified atom stereocenters. The Hall–Kier alpha value is -4.19. The molecule has 264 valence electrons. The van der Waals surface area contributed by atoms with Crippen molar-refractivity contribution >= 4 is 56.5 Å². The summed E-state index contributed by atoms with van der Waals surface area (Å²) in [5.41, 5.74) is 8.07. The summed E-state index contributed by atoms with van der Waals surface area (Å²) < 4.78 is 6.67. The van der Waals surface area contributed by atoms with Crippen LogP contribution < -0.4 is 21.1 Å². The Morgan fingerprint density at radius 1 is 1.00 bits per heavy atom. The molecule has 0 spiro atoms. The number of carbonyl (C=O) groups is 4. The fraction of sp³-hybridized carbons (Fsp3) is 0.421. The van der Waals surface area contributed by atoms with E-state index in [1.165, 1.54) is 11.3 Å². The normalized spacial score (nSPS) is 15.7. The molecule has 2 aromatic heterocycles. The first-order valence-corrected chi connectivity index (χ1v) is 18.4. The van der Waals surface area contributed by atoms with Crippen molar-refractivity contribution in [1.29, 1.82) is 0 Å². The summed E-state index contributed by atoms with van der Waals surface area (Å²) in [6.45, 7) is 2.72. The van der Waals surface area contributed by atoms with Gasteiger partial charge in [-0.15, -0.1) is 11.3 Å². The third-order valence-corrected chi connectivity index (χ3v) is 10.3. The van der Waals surface area contributed by atoms with Gasteiger partial charge >= 0.3 is 0 Å². The Morgan fingerprint density at radius 3 is 2.60 bits per heavy atom. The van der Waals surface area contributed by atoms with Gasteiger partial charge in [0.05, 0.1) is 39.8 Å². The number of amides is 2. The molecular formula is C38H44ClN5O5S. The van der Waals surface area contributed by atoms with E-state index in [4.69, 9.17) is 22.1 Å². The Balaban J connectivity index is 1.35. The Kier molecular flexibility index (Phi) is 13.5. The number of thiazole rings is 1. The molecule has 0 saturated heterocycles. The molecule has 5 rings (SSSR count). The van der Waals surface area contributed by atoms with Crippen LogP contribution >= 0.6 is 22.9 Å². The number of benzene rings is 2. The Morgan fingerprint density at radius 2 is 1.82 bits per heavy atom. The average Bonchev–Trinajstić information content (AvgIpc) is 3.52. The standard InChI is InChI=1S/C38H44ClN5O5S/c1-2-28(45)19-25(21-36-42-31-14-13-26(39)22-35(31)50-36)38(48)44-32(23-27-10-6-8-17-41-27)33(46)20-24(9-5-7-16-40)37(47)43-30-15-18-49-34-12-4-3-11-29(30)34/h3-4,6,8,10-14,17,22,24-25,30,32H,2,5,7,9,15-16,18-21,23,40H2,1H3,(H,43,47)(H,44,48)/t24-,25+,30-,32+/m1/s1. The molecule has 1 aliphatic rings. The van der Waals surface area contributed by atoms with Crippen LogP contribution in [-0.4, -0.2) is 52.5 Å². The van der Waals surface area contributed by atoms with Crippen molar-refractivity contribution in [2.24, 2.45) is 17.6 Å². The molecule has 2 aromatic carbocycles. The zero-order valence-corrected chi connectivity index (χ0v) is 29.8. The summed E-state index contributed by atoms with van der Waals surface area (Å²) in [6, 6.07) is 17.2. The van der Waals surface area contributed by atoms with Crippen molar-refractivity contribution in [2.75, 3.05) is 13.2 Å². The number of fused-ring (bicyclic) bond motifs is 2. The number of Topliss-reactive ketones (excluding diaryl/α,β-unsaturated/α-hetero) is 2. The van der Waals surface area contributed by atoms with Crippen LogP contribution in [0.5, 0.6) is 5.75 Å². The minimum Gasteiger partial charge on any atom is -0.493 e. The van der Waals surface area contributed by atoms with Crippen LogP contribution in [0, 0.1) is 11.8 Å². The molecule has 0 aliphatic carbocycles. The van der Waals surface area contributed by atoms with Gasteiger partial charge in [-0.3, -0.25) is 24.2 Å². The quantitative estimate of drug-likeness (QED) is 0.107. The van der Waals surface area contributed by atoms with Gasteiger partial charge in [0.15, 0.2) is 5.78 Å². The van der Waals surface area contributed by atoms with Crippen LogP contribution in [0.15, 0.2) is 66.9 Å². The van der Waals surface area contributed by atoms with E-state index in [1.807, 2.05) is 42.5 Å². The number of para-hydroxylation sites is 1. The van der Waals surface area contributed by atoms with E-state index >= 15 is 0 Å². The second-order valence-electron chi connectivity index (χ2n) is 12.7. The first-order chi connectivity index (χ1) is 24.2. The molecule has 12 heteroatoms. The van der Waals surface area contributed by atoms with Gasteiger partial charge in [-0.2, -0.15) is 0 Å². The summed E-state index contributed by atoms with van der Waals surface area (Å²) in [5, 5.41) is 7.43. The van der Waals surface area contributed by atoms with Crippen molar-refractivity contribution < 1.29 is 23.9 Å². The van der Waals surface area contributed by atoms with Crippen molar-refractivity contribution in [1.82, 2.24) is 20.6 Å². The number of rotatable bonds is 18. The third kappa shape index (κ3) is 10.2. The summed E-state index contributed by atoms with van der Waals surface area (Å²) >= 11 is 7.61. The van der Waals surface area contributed by atoms with Gasteiger partial charge in [0.1, 0.15) is 11.5 Å². The summed E-state index contributed by atoms with van der Waals surface area (Å²) in [6.07, 6.45) is 4.72. The highest BCUT2D eigenvalue weighted by Gasteiger charge is 2.32. The van der Waals surface area contributed by atoms with Crippen LogP contribution in [0.3, 0.4) is 0 Å². The van der Waals surface area contributed by atoms with Gasteiger partial charge in [-0.1, -0.05) is 49.2 Å². The van der Waals surface area contributed by atoms with E-state index < -0.39 is 23.8 Å². The topological polar surface area (TPSA) is 153 Å². The van der Waals surface area contributed by atoms with E-state index in [1.54, 1.807) is 31.3 Å². The number of hydrogen-bond donors (Lipinski definition) is 3. The van der Waals surface area contributed by atoms with Crippen LogP contribution in [-0.2, 0) is 32.0 Å². The van der Waals surface area contributed by atoms with Crippen molar-refractivity contribution in [3.05, 3.63) is 88.1 Å². The number of unbranched alkanes of at least 4 members (excludes halogenated alkanes) is 1. The zero-order chi connectivity index (χ0) is 35.5. The monoisotopic (exact) mass is 717 g/mol. The molecule has 3 heterocycles. The summed E-state index contributed by atoms with van der Waals surface area (Å²) in [7, 11) is 0. The molecular weight excluding hydrogens is 674 g/mol. The molecule has 1 aliphatic heterocycles. The molecule has 4 atom stereocenters. The van der Waals surface area contributed by atoms with Crippen molar-refractivity contribution in [3.8, 4) is 5.75 Å². The van der Waals surface area contributed by atoms with Gasteiger partial charge in [0.25, 0.3) is 0 Å². The maximum Gasteiger partial charge on any atom is 0.224 e. The lowest BCUT2D eigenvalue weighted by Gasteiger charge is -2.29. The highest BCUT2D eigenvalue weighted by atomic mass is 35.5. The molecule has 10 nitrogen and oxygen atoms in total. The predicted octanol–water partition coefficient (Wildman–Crippen LogP) is 5.94. The minimum absolute atomic E-state index is 0.0141. The van der Waals surface area contributed by atoms with Crippen LogP contribution in [0.4, 0.5) is 0 Å². The summed E-state index contributed by atoms with van der Waals surface area (Å²) in [4.78, 5) is 63.8. The number of carbonyl (C=O) groups excluding carboxylic acids is 4. The molecule has 2 amide bonds. The lowest BCUT2D eigenvalue weighted by molar-refractivity contribution is -0.134. The van der Waals surface area contributed by atoms with E-state index in [0.29, 0.717) is 48.1 Å². The fourth-order valence-electron chi connectivity index (χ4n) is 6.21. The molecule has 0 fully saturated rings. The number of nitrogens with two attached hydrogens (primary N) is 1. The van der Waals surface area contributed by atoms with Gasteiger partial charge in [0, 0.05) is 66.9 Å². The number of nitrogens with zero attached hydrogens (tertiary/aromatic N) is 2. The molecule has 0 bridgehead atoms. The van der Waals surface area contributed by atoms with Gasteiger partial charge in [0.2, 0.25) is 11.8 Å². The number of pyridine rings is 1. The molecule has 0 radical (unpaired) electrons. The number of hydrogen-bond acceptors (Lipinski definition) is 9. The van der Waals surface area contributed by atoms with E-state index in [-0.39, 0.29) is 55.6 Å². The molecule has 50 heavy (non-hydrogen) atoms. The van der Waals surface area contributed by atoms with Gasteiger partial charge < -0.3 is 21.1 Å². The SMILES string of the molecule is CCC(=O)C[C@@H](Cc1nc2ccc(Cl)cc2s1)C(=O)N[C@@H](Cc1ccccn1)C(=O)C[C@@H](CCCCN)C(=O)N[C@@H]1CCOc2ccccc21. The number of nitrogens with one attached hydrogen (secondary N) is 2. The highest BCUT2D eigenvalue weighted by Crippen LogP contribution is 2.32. The van der Waals surface area contributed by atoms with E-state index in [9.17, 15) is 19.2 Å². The summed E-state index contributed by atoms with van der Waals surface area (Å²) in [5.74, 6) is -1.60. The highest BCUT2D eigenvalue weighted by molar-refractivity contribution is 7.18. The van der Waals surface area contributed by atoms with Crippen molar-refractivity contribution in [2.45, 2.75) is 76.8 Å². The second kappa shape index (κ2) is 18.2. The largest absolute Gasteiger partial charge is 0.493 e. The third-order valence-electron chi connectivity index (χ3n) is 9.00. The molecule has 4 aromatic rings. The van der Waals surface area contributed by atoms with Crippen molar-refractivity contribution in [3.63, 3.8) is 0 Å². The second-order valence-corrected chi connectivity index (χ2v) is 14.2. The maximum atomic E-state index is 14.2. The minimum atomic E-state index is -0.959. The lowest BCUT2D eigenvalue weighted by atomic mass is 9.89. The number of ether oxygens (including phenoxy) is 1. The average molecular weight is 718 g/mol. The van der Waals surface area contributed by atoms with Gasteiger partial charge in [-0.25, -0.2) is 4.98 Å². The Bertz CT molecular complexity index is 1780. The molecule has 4 N–H and O–H groups in total. The van der Waals surface area contributed by atoms with Gasteiger partial charge in [-0.05, 0) is 55.8 Å². The van der Waals surface area contributed by atoms with Crippen LogP contribution in [0.2, 0.25) is 5.02 Å². The Labute approximate surface area is 301 Å². The molecule has 0 saturated carbocycles. The number of halogens is 1. The maximum absolute atomic E-state index is 14.2. The van der Waals surface area contributed by atoms with E-state index in [0.717, 1.165) is 28.0 Å². The van der Waals surface area contributed by atoms with Crippen LogP contribution in [0.25, 0.3) is 10.2 Å². The smallest absolute Gasteiger partial charge is 0.224 e. The number of ketones is 2. The number of aromatic nitrogens is 2. The lowest BCUT2D eigenvalue weighted by Crippen LogP contribution is -2.47.